The number of nitrogens with zero attached hydrogens (tertiary/aromatic N) is 3. The molecule has 1 aliphatic heterocycles. The van der Waals surface area contributed by atoms with Crippen molar-refractivity contribution in [3.05, 3.63) is 69.3 Å². The number of Topliss-reactive ketones (excluding diaryl/α,β-unsaturated/α-hetero) is 1. The molecule has 10 nitrogen and oxygen atoms in total. The molecule has 2 aromatic rings. The lowest BCUT2D eigenvalue weighted by Gasteiger charge is -2.27. The molecule has 1 fully saturated rings. The highest BCUT2D eigenvalue weighted by Gasteiger charge is 2.46. The zero-order chi connectivity index (χ0) is 25.9. The Balaban J connectivity index is 2.16. The molecule has 0 aromatic heterocycles. The first-order chi connectivity index (χ1) is 16.5. The van der Waals surface area contributed by atoms with Gasteiger partial charge in [0.1, 0.15) is 5.76 Å². The summed E-state index contributed by atoms with van der Waals surface area (Å²) in [6, 6.07) is 9.37. The van der Waals surface area contributed by atoms with Gasteiger partial charge in [0.15, 0.2) is 11.5 Å². The van der Waals surface area contributed by atoms with Gasteiger partial charge < -0.3 is 24.4 Å². The number of nitro benzene ring substituents is 1. The predicted molar refractivity (Wildman–Crippen MR) is 129 cm³/mol. The van der Waals surface area contributed by atoms with Gasteiger partial charge in [0, 0.05) is 30.8 Å². The Kier molecular flexibility index (Phi) is 7.75. The van der Waals surface area contributed by atoms with Crippen molar-refractivity contribution in [2.45, 2.75) is 26.0 Å². The van der Waals surface area contributed by atoms with Crippen LogP contribution in [0.2, 0.25) is 0 Å². The number of non-ortho nitro benzene ring substituents is 1. The molecule has 0 spiro atoms. The van der Waals surface area contributed by atoms with E-state index in [0.29, 0.717) is 23.6 Å². The maximum Gasteiger partial charge on any atom is 0.295 e. The molecular formula is C25H29N3O7. The first-order valence-electron chi connectivity index (χ1n) is 11.1. The molecule has 2 aromatic carbocycles. The van der Waals surface area contributed by atoms with Crippen molar-refractivity contribution >= 4 is 23.1 Å². The molecule has 1 aliphatic rings. The van der Waals surface area contributed by atoms with Crippen molar-refractivity contribution in [1.29, 1.82) is 0 Å². The predicted octanol–water partition coefficient (Wildman–Crippen LogP) is 3.37. The number of amides is 1. The smallest absolute Gasteiger partial charge is 0.295 e. The SMILES string of the molecule is COc1cc(C2/C(=C(/O)c3ccc([N+](=O)[O-])cc3)C(=O)C(=O)N2CCN(C)C)ccc1OC(C)C. The fourth-order valence-corrected chi connectivity index (χ4v) is 3.87. The van der Waals surface area contributed by atoms with Crippen molar-refractivity contribution < 1.29 is 29.1 Å². The van der Waals surface area contributed by atoms with Gasteiger partial charge in [0.25, 0.3) is 17.4 Å². The summed E-state index contributed by atoms with van der Waals surface area (Å²) in [6.07, 6.45) is -0.0948. The van der Waals surface area contributed by atoms with Crippen LogP contribution in [0.25, 0.3) is 5.76 Å². The third-order valence-corrected chi connectivity index (χ3v) is 5.55. The fourth-order valence-electron chi connectivity index (χ4n) is 3.87. The van der Waals surface area contributed by atoms with E-state index in [2.05, 4.69) is 0 Å². The lowest BCUT2D eigenvalue weighted by Crippen LogP contribution is -2.35. The Hall–Kier alpha value is -3.92. The van der Waals surface area contributed by atoms with E-state index in [1.165, 1.54) is 36.3 Å². The van der Waals surface area contributed by atoms with Crippen molar-refractivity contribution in [1.82, 2.24) is 9.80 Å². The third kappa shape index (κ3) is 5.43. The number of carbonyl (C=O) groups is 2. The van der Waals surface area contributed by atoms with Gasteiger partial charge in [-0.25, -0.2) is 0 Å². The van der Waals surface area contributed by atoms with E-state index < -0.39 is 28.4 Å². The summed E-state index contributed by atoms with van der Waals surface area (Å²) in [7, 11) is 5.19. The van der Waals surface area contributed by atoms with Gasteiger partial charge in [-0.1, -0.05) is 6.07 Å². The molecule has 0 aliphatic carbocycles. The lowest BCUT2D eigenvalue weighted by atomic mass is 9.95. The van der Waals surface area contributed by atoms with Gasteiger partial charge in [-0.3, -0.25) is 19.7 Å². The number of ether oxygens (including phenoxy) is 2. The van der Waals surface area contributed by atoms with Crippen molar-refractivity contribution in [3.8, 4) is 11.5 Å². The third-order valence-electron chi connectivity index (χ3n) is 5.55. The molecule has 0 radical (unpaired) electrons. The van der Waals surface area contributed by atoms with Crippen LogP contribution in [-0.4, -0.2) is 71.9 Å². The van der Waals surface area contributed by atoms with E-state index in [9.17, 15) is 24.8 Å². The average Bonchev–Trinajstić information content (AvgIpc) is 3.07. The van der Waals surface area contributed by atoms with E-state index in [4.69, 9.17) is 9.47 Å². The fraction of sp³-hybridized carbons (Fsp3) is 0.360. The van der Waals surface area contributed by atoms with Gasteiger partial charge in [-0.15, -0.1) is 0 Å². The standard InChI is InChI=1S/C25H29N3O7/c1-15(2)35-19-11-8-17(14-20(19)34-5)22-21(24(30)25(31)27(22)13-12-26(3)4)23(29)16-6-9-18(10-7-16)28(32)33/h6-11,14-15,22,29H,12-13H2,1-5H3/b23-21-. The summed E-state index contributed by atoms with van der Waals surface area (Å²) in [5.74, 6) is -1.04. The highest BCUT2D eigenvalue weighted by Crippen LogP contribution is 2.42. The molecule has 1 heterocycles. The zero-order valence-electron chi connectivity index (χ0n) is 20.3. The second-order valence-corrected chi connectivity index (χ2v) is 8.68. The van der Waals surface area contributed by atoms with Gasteiger partial charge in [0.2, 0.25) is 0 Å². The molecule has 1 atom stereocenters. The highest BCUT2D eigenvalue weighted by molar-refractivity contribution is 6.46. The Morgan fingerprint density at radius 3 is 2.34 bits per heavy atom. The zero-order valence-corrected chi connectivity index (χ0v) is 20.3. The molecule has 35 heavy (non-hydrogen) atoms. The minimum absolute atomic E-state index is 0.0948. The van der Waals surface area contributed by atoms with Crippen molar-refractivity contribution in [2.24, 2.45) is 0 Å². The van der Waals surface area contributed by atoms with E-state index in [0.717, 1.165) is 0 Å². The van der Waals surface area contributed by atoms with Crippen LogP contribution in [0, 0.1) is 10.1 Å². The number of likely N-dealkylation sites (tertiary alicyclic amines) is 1. The van der Waals surface area contributed by atoms with Crippen LogP contribution in [-0.2, 0) is 9.59 Å². The molecule has 10 heteroatoms. The second kappa shape index (κ2) is 10.6. The van der Waals surface area contributed by atoms with Crippen LogP contribution >= 0.6 is 0 Å². The minimum atomic E-state index is -0.882. The summed E-state index contributed by atoms with van der Waals surface area (Å²) >= 11 is 0. The van der Waals surface area contributed by atoms with Gasteiger partial charge in [-0.2, -0.15) is 0 Å². The molecule has 0 bridgehead atoms. The summed E-state index contributed by atoms with van der Waals surface area (Å²) in [4.78, 5) is 39.9. The monoisotopic (exact) mass is 483 g/mol. The minimum Gasteiger partial charge on any atom is -0.507 e. The maximum atomic E-state index is 13.1. The normalized spacial score (nSPS) is 17.3. The van der Waals surface area contributed by atoms with E-state index in [1.807, 2.05) is 32.8 Å². The lowest BCUT2D eigenvalue weighted by molar-refractivity contribution is -0.384. The van der Waals surface area contributed by atoms with Crippen LogP contribution in [0.3, 0.4) is 0 Å². The van der Waals surface area contributed by atoms with Gasteiger partial charge in [0.05, 0.1) is 29.8 Å². The largest absolute Gasteiger partial charge is 0.507 e. The number of rotatable bonds is 9. The summed E-state index contributed by atoms with van der Waals surface area (Å²) in [5, 5.41) is 22.1. The number of likely N-dealkylation sites (N-methyl/N-ethyl adjacent to an activating group) is 1. The van der Waals surface area contributed by atoms with E-state index in [1.54, 1.807) is 18.2 Å². The topological polar surface area (TPSA) is 122 Å². The highest BCUT2D eigenvalue weighted by atomic mass is 16.6. The molecule has 186 valence electrons. The molecule has 3 rings (SSSR count). The molecule has 1 amide bonds. The Morgan fingerprint density at radius 1 is 1.14 bits per heavy atom. The number of carbonyl (C=O) groups excluding carboxylic acids is 2. The number of aliphatic hydroxyl groups is 1. The van der Waals surface area contributed by atoms with Gasteiger partial charge >= 0.3 is 0 Å². The molecular weight excluding hydrogens is 454 g/mol. The van der Waals surface area contributed by atoms with E-state index >= 15 is 0 Å². The Labute approximate surface area is 203 Å². The summed E-state index contributed by atoms with van der Waals surface area (Å²) in [5.41, 5.74) is 0.495. The Morgan fingerprint density at radius 2 is 1.80 bits per heavy atom. The Bertz CT molecular complexity index is 1160. The van der Waals surface area contributed by atoms with Crippen LogP contribution in [0.1, 0.15) is 31.0 Å². The molecule has 1 unspecified atom stereocenters. The number of nitro groups is 1. The first-order valence-corrected chi connectivity index (χ1v) is 11.1. The number of aliphatic hydroxyl groups excluding tert-OH is 1. The van der Waals surface area contributed by atoms with Crippen LogP contribution in [0.5, 0.6) is 11.5 Å². The second-order valence-electron chi connectivity index (χ2n) is 8.68. The number of ketones is 1. The number of hydrogen-bond acceptors (Lipinski definition) is 8. The van der Waals surface area contributed by atoms with E-state index in [-0.39, 0.29) is 29.5 Å². The van der Waals surface area contributed by atoms with Crippen molar-refractivity contribution in [3.63, 3.8) is 0 Å². The molecule has 1 N–H and O–H groups in total. The molecule has 1 saturated heterocycles. The number of hydrogen-bond donors (Lipinski definition) is 1. The van der Waals surface area contributed by atoms with Gasteiger partial charge in [-0.05, 0) is 57.8 Å². The molecule has 0 saturated carbocycles. The average molecular weight is 484 g/mol. The van der Waals surface area contributed by atoms with Crippen LogP contribution < -0.4 is 9.47 Å². The maximum absolute atomic E-state index is 13.1. The number of methoxy groups -OCH3 is 1. The van der Waals surface area contributed by atoms with Crippen LogP contribution in [0.4, 0.5) is 5.69 Å². The van der Waals surface area contributed by atoms with Crippen LogP contribution in [0.15, 0.2) is 48.0 Å². The quantitative estimate of drug-likeness (QED) is 0.189. The number of benzene rings is 2. The first kappa shape index (κ1) is 25.7. The van der Waals surface area contributed by atoms with Crippen molar-refractivity contribution in [2.75, 3.05) is 34.3 Å². The summed E-state index contributed by atoms with van der Waals surface area (Å²) in [6.45, 7) is 4.50. The summed E-state index contributed by atoms with van der Waals surface area (Å²) < 4.78 is 11.3.